The molecule has 3 aliphatic heterocycles. The first-order valence-electron chi connectivity index (χ1n) is 14.9. The lowest BCUT2D eigenvalue weighted by Crippen LogP contribution is -2.39. The molecule has 1 aliphatic carbocycles. The van der Waals surface area contributed by atoms with Crippen molar-refractivity contribution in [2.24, 2.45) is 5.41 Å². The highest BCUT2D eigenvalue weighted by molar-refractivity contribution is 6.03. The summed E-state index contributed by atoms with van der Waals surface area (Å²) in [7, 11) is 5.25. The minimum Gasteiger partial charge on any atom is -0.494 e. The Morgan fingerprint density at radius 2 is 1.76 bits per heavy atom. The molecule has 0 bridgehead atoms. The number of piperidine rings is 1. The number of carbonyl (C=O) groups is 2. The fourth-order valence-electron chi connectivity index (χ4n) is 6.92. The molecule has 4 heterocycles. The average molecular weight is 623 g/mol. The largest absolute Gasteiger partial charge is 0.494 e. The number of hydrogen-bond donors (Lipinski definition) is 1. The van der Waals surface area contributed by atoms with Crippen molar-refractivity contribution in [3.05, 3.63) is 59.3 Å². The standard InChI is InChI=1S/C32H33F3N6O4/c1-39-13-11-30(12-14-39)16-25(42)41(18-30)19-7-8-22(24(15-19)44-3)37-29-36-17-21(32(33,34)35)27(38-29)45-23-6-4-5-20-26(23)28(43)40(2)31(20)9-10-31/h4-8,15,17H,9-14,16,18H2,1-3H3,(H,36,37,38). The number of amides is 2. The summed E-state index contributed by atoms with van der Waals surface area (Å²) in [5.41, 5.74) is 0.412. The number of hydrogen-bond acceptors (Lipinski definition) is 8. The molecule has 0 atom stereocenters. The first-order valence-corrected chi connectivity index (χ1v) is 14.9. The number of ether oxygens (including phenoxy) is 2. The second kappa shape index (κ2) is 10.3. The predicted octanol–water partition coefficient (Wildman–Crippen LogP) is 5.56. The molecule has 45 heavy (non-hydrogen) atoms. The van der Waals surface area contributed by atoms with Crippen LogP contribution in [0.1, 0.15) is 53.6 Å². The summed E-state index contributed by atoms with van der Waals surface area (Å²) in [5, 5.41) is 2.93. The number of nitrogens with zero attached hydrogens (tertiary/aromatic N) is 5. The minimum absolute atomic E-state index is 0.00266. The maximum Gasteiger partial charge on any atom is 0.423 e. The first-order chi connectivity index (χ1) is 21.4. The van der Waals surface area contributed by atoms with Crippen molar-refractivity contribution in [2.45, 2.75) is 43.8 Å². The van der Waals surface area contributed by atoms with Crippen LogP contribution in [0.5, 0.6) is 17.4 Å². The third kappa shape index (κ3) is 4.93. The summed E-state index contributed by atoms with van der Waals surface area (Å²) in [6.45, 7) is 2.53. The minimum atomic E-state index is -4.81. The van der Waals surface area contributed by atoms with Gasteiger partial charge < -0.3 is 29.5 Å². The lowest BCUT2D eigenvalue weighted by molar-refractivity contribution is -0.139. The fourth-order valence-corrected chi connectivity index (χ4v) is 6.92. The molecule has 4 aliphatic rings. The zero-order chi connectivity index (χ0) is 31.7. The van der Waals surface area contributed by atoms with Crippen LogP contribution in [-0.4, -0.2) is 72.4 Å². The van der Waals surface area contributed by atoms with Gasteiger partial charge in [-0.3, -0.25) is 9.59 Å². The normalized spacial score (nSPS) is 20.2. The predicted molar refractivity (Wildman–Crippen MR) is 159 cm³/mol. The van der Waals surface area contributed by atoms with E-state index in [9.17, 15) is 22.8 Å². The molecule has 1 N–H and O–H groups in total. The van der Waals surface area contributed by atoms with E-state index < -0.39 is 23.2 Å². The number of carbonyl (C=O) groups excluding carboxylic acids is 2. The molecule has 7 rings (SSSR count). The van der Waals surface area contributed by atoms with Crippen molar-refractivity contribution in [1.29, 1.82) is 0 Å². The van der Waals surface area contributed by atoms with Crippen LogP contribution in [0.4, 0.5) is 30.5 Å². The Morgan fingerprint density at radius 1 is 1.00 bits per heavy atom. The molecule has 2 saturated heterocycles. The van der Waals surface area contributed by atoms with Gasteiger partial charge in [0, 0.05) is 38.0 Å². The van der Waals surface area contributed by atoms with E-state index in [2.05, 4.69) is 27.2 Å². The molecule has 1 saturated carbocycles. The van der Waals surface area contributed by atoms with Crippen LogP contribution in [-0.2, 0) is 16.5 Å². The van der Waals surface area contributed by atoms with E-state index in [4.69, 9.17) is 9.47 Å². The summed E-state index contributed by atoms with van der Waals surface area (Å²) in [4.78, 5) is 39.8. The fraction of sp³-hybridized carbons (Fsp3) is 0.438. The number of nitrogens with one attached hydrogen (secondary N) is 1. The van der Waals surface area contributed by atoms with E-state index in [1.165, 1.54) is 13.2 Å². The molecule has 10 nitrogen and oxygen atoms in total. The van der Waals surface area contributed by atoms with E-state index in [0.717, 1.165) is 44.3 Å². The van der Waals surface area contributed by atoms with Gasteiger partial charge in [-0.25, -0.2) is 4.98 Å². The Bertz CT molecular complexity index is 1700. The summed E-state index contributed by atoms with van der Waals surface area (Å²) >= 11 is 0. The van der Waals surface area contributed by atoms with Crippen LogP contribution in [0, 0.1) is 5.41 Å². The van der Waals surface area contributed by atoms with Crippen molar-refractivity contribution in [2.75, 3.05) is 51.1 Å². The topological polar surface area (TPSA) is 100 Å². The van der Waals surface area contributed by atoms with Gasteiger partial charge in [0.2, 0.25) is 17.7 Å². The number of rotatable bonds is 6. The van der Waals surface area contributed by atoms with Crippen LogP contribution in [0.15, 0.2) is 42.6 Å². The Balaban J connectivity index is 1.17. The molecule has 0 radical (unpaired) electrons. The summed E-state index contributed by atoms with van der Waals surface area (Å²) in [6.07, 6.45) is -0.186. The highest BCUT2D eigenvalue weighted by atomic mass is 19.4. The molecular formula is C32H33F3N6O4. The lowest BCUT2D eigenvalue weighted by atomic mass is 9.78. The van der Waals surface area contributed by atoms with E-state index in [1.54, 1.807) is 41.1 Å². The number of anilines is 3. The number of methoxy groups -OCH3 is 1. The van der Waals surface area contributed by atoms with Crippen molar-refractivity contribution in [3.63, 3.8) is 0 Å². The number of aromatic nitrogens is 2. The Labute approximate surface area is 258 Å². The van der Waals surface area contributed by atoms with Gasteiger partial charge in [0.25, 0.3) is 5.91 Å². The van der Waals surface area contributed by atoms with E-state index in [-0.39, 0.29) is 34.5 Å². The van der Waals surface area contributed by atoms with E-state index in [0.29, 0.717) is 36.3 Å². The third-order valence-corrected chi connectivity index (χ3v) is 9.79. The van der Waals surface area contributed by atoms with Gasteiger partial charge in [0.15, 0.2) is 0 Å². The third-order valence-electron chi connectivity index (χ3n) is 9.79. The lowest BCUT2D eigenvalue weighted by Gasteiger charge is -2.37. The van der Waals surface area contributed by atoms with Crippen molar-refractivity contribution >= 4 is 29.1 Å². The van der Waals surface area contributed by atoms with Gasteiger partial charge in [0.05, 0.1) is 23.9 Å². The summed E-state index contributed by atoms with van der Waals surface area (Å²) < 4.78 is 53.5. The summed E-state index contributed by atoms with van der Waals surface area (Å²) in [5.74, 6) is -0.784. The maximum absolute atomic E-state index is 14.0. The molecule has 13 heteroatoms. The van der Waals surface area contributed by atoms with Crippen molar-refractivity contribution < 1.29 is 32.2 Å². The molecular weight excluding hydrogens is 589 g/mol. The molecule has 0 unspecified atom stereocenters. The van der Waals surface area contributed by atoms with Crippen LogP contribution >= 0.6 is 0 Å². The molecule has 236 valence electrons. The Kier molecular flexibility index (Phi) is 6.73. The quantitative estimate of drug-likeness (QED) is 0.382. The molecule has 3 fully saturated rings. The SMILES string of the molecule is COc1cc(N2CC3(CCN(C)CC3)CC2=O)ccc1Nc1ncc(C(F)(F)F)c(Oc2cccc3c2C(=O)N(C)C32CC2)n1. The summed E-state index contributed by atoms with van der Waals surface area (Å²) in [6, 6.07) is 10.1. The second-order valence-corrected chi connectivity index (χ2v) is 12.6. The monoisotopic (exact) mass is 622 g/mol. The van der Waals surface area contributed by atoms with E-state index >= 15 is 0 Å². The zero-order valence-electron chi connectivity index (χ0n) is 25.2. The average Bonchev–Trinajstić information content (AvgIpc) is 3.71. The number of alkyl halides is 3. The van der Waals surface area contributed by atoms with Gasteiger partial charge in [0.1, 0.15) is 17.1 Å². The number of fused-ring (bicyclic) bond motifs is 2. The molecule has 2 aromatic carbocycles. The van der Waals surface area contributed by atoms with E-state index in [1.807, 2.05) is 6.07 Å². The number of likely N-dealkylation sites (tertiary alicyclic amines) is 1. The van der Waals surface area contributed by atoms with Crippen molar-refractivity contribution in [1.82, 2.24) is 19.8 Å². The van der Waals surface area contributed by atoms with Crippen LogP contribution in [0.2, 0.25) is 0 Å². The van der Waals surface area contributed by atoms with Gasteiger partial charge in [-0.05, 0) is 75.0 Å². The van der Waals surface area contributed by atoms with Gasteiger partial charge >= 0.3 is 6.18 Å². The highest BCUT2D eigenvalue weighted by Gasteiger charge is 2.57. The highest BCUT2D eigenvalue weighted by Crippen LogP contribution is 2.57. The Morgan fingerprint density at radius 3 is 2.44 bits per heavy atom. The smallest absolute Gasteiger partial charge is 0.423 e. The van der Waals surface area contributed by atoms with Crippen molar-refractivity contribution in [3.8, 4) is 17.4 Å². The molecule has 2 spiro atoms. The van der Waals surface area contributed by atoms with Gasteiger partial charge in [-0.1, -0.05) is 12.1 Å². The van der Waals surface area contributed by atoms with Crippen LogP contribution < -0.4 is 19.7 Å². The number of benzene rings is 2. The van der Waals surface area contributed by atoms with Gasteiger partial charge in [-0.15, -0.1) is 0 Å². The molecule has 3 aromatic rings. The molecule has 2 amide bonds. The Hall–Kier alpha value is -4.39. The molecule has 1 aromatic heterocycles. The first kappa shape index (κ1) is 29.3. The van der Waals surface area contributed by atoms with Crippen LogP contribution in [0.3, 0.4) is 0 Å². The van der Waals surface area contributed by atoms with Crippen LogP contribution in [0.25, 0.3) is 0 Å². The second-order valence-electron chi connectivity index (χ2n) is 12.6. The maximum atomic E-state index is 14.0. The van der Waals surface area contributed by atoms with Gasteiger partial charge in [-0.2, -0.15) is 18.2 Å². The zero-order valence-corrected chi connectivity index (χ0v) is 25.2. The number of halogens is 3.